The Labute approximate surface area is 189 Å². The van der Waals surface area contributed by atoms with Crippen LogP contribution in [0.1, 0.15) is 0 Å². The van der Waals surface area contributed by atoms with Crippen LogP contribution in [0, 0.1) is 0 Å². The number of methoxy groups -OCH3 is 1. The second-order valence-corrected chi connectivity index (χ2v) is 8.99. The molecule has 0 aliphatic heterocycles. The summed E-state index contributed by atoms with van der Waals surface area (Å²) in [6.45, 7) is 0. The maximum absolute atomic E-state index is 13.1. The first-order chi connectivity index (χ1) is 14.5. The van der Waals surface area contributed by atoms with Gasteiger partial charge in [-0.05, 0) is 47.8 Å². The van der Waals surface area contributed by atoms with Gasteiger partial charge in [0.05, 0.1) is 24.1 Å². The van der Waals surface area contributed by atoms with E-state index in [2.05, 4.69) is 26.2 Å². The van der Waals surface area contributed by atoms with Gasteiger partial charge in [0.1, 0.15) is 10.4 Å². The molecular formula is C21H16BrN3O3S2. The van der Waals surface area contributed by atoms with Gasteiger partial charge in [0, 0.05) is 16.2 Å². The number of anilines is 1. The van der Waals surface area contributed by atoms with Crippen molar-refractivity contribution in [3.8, 4) is 11.4 Å². The van der Waals surface area contributed by atoms with E-state index in [-0.39, 0.29) is 17.2 Å². The molecule has 0 atom stereocenters. The van der Waals surface area contributed by atoms with E-state index >= 15 is 0 Å². The Kier molecular flexibility index (Phi) is 6.21. The largest absolute Gasteiger partial charge is 0.497 e. The zero-order valence-corrected chi connectivity index (χ0v) is 19.0. The molecular weight excluding hydrogens is 486 g/mol. The number of hydrogen-bond acceptors (Lipinski definition) is 6. The predicted molar refractivity (Wildman–Crippen MR) is 125 cm³/mol. The van der Waals surface area contributed by atoms with Crippen LogP contribution in [-0.4, -0.2) is 28.3 Å². The zero-order valence-electron chi connectivity index (χ0n) is 15.8. The summed E-state index contributed by atoms with van der Waals surface area (Å²) in [4.78, 5) is 30.2. The number of carbonyl (C=O) groups is 1. The normalized spacial score (nSPS) is 10.9. The quantitative estimate of drug-likeness (QED) is 0.299. The molecule has 4 aromatic rings. The predicted octanol–water partition coefficient (Wildman–Crippen LogP) is 4.95. The molecule has 0 fully saturated rings. The van der Waals surface area contributed by atoms with Crippen LogP contribution in [0.5, 0.6) is 5.75 Å². The van der Waals surface area contributed by atoms with Crippen LogP contribution in [-0.2, 0) is 4.79 Å². The van der Waals surface area contributed by atoms with Crippen LogP contribution < -0.4 is 15.6 Å². The molecule has 4 rings (SSSR count). The Morgan fingerprint density at radius 1 is 1.23 bits per heavy atom. The van der Waals surface area contributed by atoms with Crippen LogP contribution in [0.15, 0.2) is 74.4 Å². The number of thiophene rings is 1. The minimum Gasteiger partial charge on any atom is -0.497 e. The van der Waals surface area contributed by atoms with Crippen LogP contribution in [0.3, 0.4) is 0 Å². The summed E-state index contributed by atoms with van der Waals surface area (Å²) in [7, 11) is 1.57. The van der Waals surface area contributed by atoms with Crippen molar-refractivity contribution in [3.63, 3.8) is 0 Å². The smallest absolute Gasteiger partial charge is 0.276 e. The van der Waals surface area contributed by atoms with Gasteiger partial charge in [-0.3, -0.25) is 14.2 Å². The second kappa shape index (κ2) is 9.03. The molecule has 0 aliphatic carbocycles. The third-order valence-corrected chi connectivity index (χ3v) is 6.58. The summed E-state index contributed by atoms with van der Waals surface area (Å²) in [5.41, 5.74) is 1.83. The Morgan fingerprint density at radius 3 is 2.80 bits per heavy atom. The van der Waals surface area contributed by atoms with Crippen molar-refractivity contribution < 1.29 is 9.53 Å². The van der Waals surface area contributed by atoms with Crippen LogP contribution in [0.2, 0.25) is 0 Å². The number of amides is 1. The highest BCUT2D eigenvalue weighted by molar-refractivity contribution is 9.10. The number of benzene rings is 2. The third kappa shape index (κ3) is 4.43. The van der Waals surface area contributed by atoms with E-state index in [1.165, 1.54) is 23.1 Å². The summed E-state index contributed by atoms with van der Waals surface area (Å²) in [5.74, 6) is 0.569. The molecule has 0 unspecified atom stereocenters. The summed E-state index contributed by atoms with van der Waals surface area (Å²) in [6.07, 6.45) is 0. The molecule has 30 heavy (non-hydrogen) atoms. The molecule has 0 saturated carbocycles. The average molecular weight is 502 g/mol. The fraction of sp³-hybridized carbons (Fsp3) is 0.0952. The highest BCUT2D eigenvalue weighted by Gasteiger charge is 2.16. The number of nitrogens with one attached hydrogen (secondary N) is 1. The fourth-order valence-electron chi connectivity index (χ4n) is 2.83. The minimum absolute atomic E-state index is 0.107. The van der Waals surface area contributed by atoms with Gasteiger partial charge in [0.2, 0.25) is 5.91 Å². The van der Waals surface area contributed by atoms with Gasteiger partial charge in [0.25, 0.3) is 5.56 Å². The lowest BCUT2D eigenvalue weighted by Crippen LogP contribution is -2.22. The molecule has 152 valence electrons. The first-order valence-corrected chi connectivity index (χ1v) is 11.5. The molecule has 0 aliphatic rings. The van der Waals surface area contributed by atoms with Crippen LogP contribution >= 0.6 is 39.0 Å². The molecule has 0 saturated heterocycles. The average Bonchev–Trinajstić information content (AvgIpc) is 3.22. The molecule has 0 bridgehead atoms. The van der Waals surface area contributed by atoms with Crippen molar-refractivity contribution in [2.75, 3.05) is 18.2 Å². The van der Waals surface area contributed by atoms with Crippen molar-refractivity contribution in [1.29, 1.82) is 0 Å². The molecule has 0 spiro atoms. The first kappa shape index (κ1) is 20.6. The molecule has 9 heteroatoms. The summed E-state index contributed by atoms with van der Waals surface area (Å²) < 4.78 is 8.23. The SMILES string of the molecule is COc1cccc(NC(=O)CSc2nc3ccsc3c(=O)n2-c2ccc(Br)cc2)c1. The van der Waals surface area contributed by atoms with E-state index in [0.717, 1.165) is 4.47 Å². The van der Waals surface area contributed by atoms with Crippen molar-refractivity contribution in [1.82, 2.24) is 9.55 Å². The molecule has 2 aromatic carbocycles. The number of aromatic nitrogens is 2. The van der Waals surface area contributed by atoms with E-state index in [1.807, 2.05) is 35.7 Å². The van der Waals surface area contributed by atoms with Crippen LogP contribution in [0.25, 0.3) is 15.9 Å². The van der Waals surface area contributed by atoms with Gasteiger partial charge >= 0.3 is 0 Å². The standard InChI is InChI=1S/C21H16BrN3O3S2/c1-28-16-4-2-3-14(11-16)23-18(26)12-30-21-24-17-9-10-29-19(17)20(27)25(21)15-7-5-13(22)6-8-15/h2-11H,12H2,1H3,(H,23,26). The van der Waals surface area contributed by atoms with Crippen molar-refractivity contribution in [2.24, 2.45) is 0 Å². The van der Waals surface area contributed by atoms with Gasteiger partial charge in [-0.2, -0.15) is 0 Å². The van der Waals surface area contributed by atoms with Crippen molar-refractivity contribution in [3.05, 3.63) is 74.8 Å². The zero-order chi connectivity index (χ0) is 21.1. The second-order valence-electron chi connectivity index (χ2n) is 6.22. The highest BCUT2D eigenvalue weighted by atomic mass is 79.9. The lowest BCUT2D eigenvalue weighted by atomic mass is 10.3. The lowest BCUT2D eigenvalue weighted by Gasteiger charge is -2.12. The number of halogens is 1. The number of carbonyl (C=O) groups excluding carboxylic acids is 1. The van der Waals surface area contributed by atoms with Gasteiger partial charge in [-0.15, -0.1) is 11.3 Å². The van der Waals surface area contributed by atoms with Gasteiger partial charge in [-0.1, -0.05) is 33.8 Å². The lowest BCUT2D eigenvalue weighted by molar-refractivity contribution is -0.113. The molecule has 0 radical (unpaired) electrons. The fourth-order valence-corrected chi connectivity index (χ4v) is 4.67. The monoisotopic (exact) mass is 501 g/mol. The third-order valence-electron chi connectivity index (χ3n) is 4.22. The minimum atomic E-state index is -0.199. The van der Waals surface area contributed by atoms with Gasteiger partial charge < -0.3 is 10.1 Å². The van der Waals surface area contributed by atoms with E-state index in [0.29, 0.717) is 32.5 Å². The number of ether oxygens (including phenoxy) is 1. The molecule has 6 nitrogen and oxygen atoms in total. The number of fused-ring (bicyclic) bond motifs is 1. The van der Waals surface area contributed by atoms with Gasteiger partial charge in [0.15, 0.2) is 5.16 Å². The molecule has 2 heterocycles. The first-order valence-electron chi connectivity index (χ1n) is 8.88. The maximum atomic E-state index is 13.1. The molecule has 2 aromatic heterocycles. The Bertz CT molecular complexity index is 1270. The van der Waals surface area contributed by atoms with Crippen molar-refractivity contribution >= 4 is 60.8 Å². The Hall–Kier alpha value is -2.62. The summed E-state index contributed by atoms with van der Waals surface area (Å²) in [5, 5.41) is 5.15. The topological polar surface area (TPSA) is 73.2 Å². The van der Waals surface area contributed by atoms with Crippen LogP contribution in [0.4, 0.5) is 5.69 Å². The molecule has 1 N–H and O–H groups in total. The summed E-state index contributed by atoms with van der Waals surface area (Å²) in [6, 6.07) is 16.4. The van der Waals surface area contributed by atoms with Gasteiger partial charge in [-0.25, -0.2) is 4.98 Å². The highest BCUT2D eigenvalue weighted by Crippen LogP contribution is 2.25. The Balaban J connectivity index is 1.61. The number of nitrogens with zero attached hydrogens (tertiary/aromatic N) is 2. The maximum Gasteiger partial charge on any atom is 0.276 e. The summed E-state index contributed by atoms with van der Waals surface area (Å²) >= 11 is 5.99. The molecule has 1 amide bonds. The number of hydrogen-bond donors (Lipinski definition) is 1. The number of thioether (sulfide) groups is 1. The van der Waals surface area contributed by atoms with E-state index in [4.69, 9.17) is 4.74 Å². The number of rotatable bonds is 6. The van der Waals surface area contributed by atoms with E-state index < -0.39 is 0 Å². The Morgan fingerprint density at radius 2 is 2.03 bits per heavy atom. The van der Waals surface area contributed by atoms with E-state index in [9.17, 15) is 9.59 Å². The van der Waals surface area contributed by atoms with Crippen molar-refractivity contribution in [2.45, 2.75) is 5.16 Å². The van der Waals surface area contributed by atoms with E-state index in [1.54, 1.807) is 35.9 Å².